The molecule has 1 heterocycles. The van der Waals surface area contributed by atoms with Crippen LogP contribution in [0.5, 0.6) is 5.75 Å². The zero-order valence-electron chi connectivity index (χ0n) is 11.5. The van der Waals surface area contributed by atoms with Gasteiger partial charge in [0, 0.05) is 17.6 Å². The van der Waals surface area contributed by atoms with E-state index in [1.165, 1.54) is 18.3 Å². The lowest BCUT2D eigenvalue weighted by atomic mass is 10.1. The third kappa shape index (κ3) is 3.03. The number of halogens is 1. The van der Waals surface area contributed by atoms with Gasteiger partial charge < -0.3 is 9.84 Å². The number of ether oxygens (including phenoxy) is 1. The predicted molar refractivity (Wildman–Crippen MR) is 79.4 cm³/mol. The fourth-order valence-corrected chi connectivity index (χ4v) is 2.10. The van der Waals surface area contributed by atoms with Crippen LogP contribution in [0.2, 0.25) is 0 Å². The average Bonchev–Trinajstić information content (AvgIpc) is 2.52. The zero-order valence-corrected chi connectivity index (χ0v) is 11.5. The van der Waals surface area contributed by atoms with E-state index in [1.807, 2.05) is 0 Å². The van der Waals surface area contributed by atoms with Gasteiger partial charge in [-0.25, -0.2) is 9.18 Å². The number of rotatable bonds is 4. The van der Waals surface area contributed by atoms with Gasteiger partial charge in [0.1, 0.15) is 18.2 Å². The summed E-state index contributed by atoms with van der Waals surface area (Å²) in [5.41, 5.74) is 1.51. The van der Waals surface area contributed by atoms with Crippen LogP contribution in [0.4, 0.5) is 4.39 Å². The highest BCUT2D eigenvalue weighted by atomic mass is 19.1. The molecule has 0 atom stereocenters. The first-order valence-electron chi connectivity index (χ1n) is 6.62. The molecule has 0 amide bonds. The van der Waals surface area contributed by atoms with Crippen molar-refractivity contribution in [3.63, 3.8) is 0 Å². The maximum Gasteiger partial charge on any atom is 0.337 e. The predicted octanol–water partition coefficient (Wildman–Crippen LogP) is 3.65. The average molecular weight is 297 g/mol. The van der Waals surface area contributed by atoms with Crippen molar-refractivity contribution < 1.29 is 19.0 Å². The largest absolute Gasteiger partial charge is 0.489 e. The van der Waals surface area contributed by atoms with Gasteiger partial charge in [-0.2, -0.15) is 0 Å². The first-order valence-corrected chi connectivity index (χ1v) is 6.62. The number of aromatic carboxylic acids is 1. The van der Waals surface area contributed by atoms with Crippen molar-refractivity contribution in [2.75, 3.05) is 0 Å². The van der Waals surface area contributed by atoms with Gasteiger partial charge in [0.2, 0.25) is 0 Å². The number of carbonyl (C=O) groups is 1. The van der Waals surface area contributed by atoms with Crippen molar-refractivity contribution in [2.45, 2.75) is 6.61 Å². The molecule has 3 rings (SSSR count). The molecule has 0 aliphatic heterocycles. The molecule has 3 aromatic rings. The molecule has 0 bridgehead atoms. The smallest absolute Gasteiger partial charge is 0.337 e. The number of hydrogen-bond acceptors (Lipinski definition) is 3. The number of hydrogen-bond donors (Lipinski definition) is 1. The lowest BCUT2D eigenvalue weighted by molar-refractivity contribution is 0.0696. The van der Waals surface area contributed by atoms with Gasteiger partial charge in [0.25, 0.3) is 0 Å². The Morgan fingerprint density at radius 2 is 2.05 bits per heavy atom. The van der Waals surface area contributed by atoms with Crippen LogP contribution in [0.25, 0.3) is 10.9 Å². The zero-order chi connectivity index (χ0) is 15.5. The number of carboxylic acid groups (broad SMARTS) is 1. The Morgan fingerprint density at radius 1 is 1.18 bits per heavy atom. The van der Waals surface area contributed by atoms with E-state index in [0.29, 0.717) is 11.3 Å². The van der Waals surface area contributed by atoms with Crippen molar-refractivity contribution >= 4 is 16.9 Å². The number of carboxylic acids is 1. The fourth-order valence-electron chi connectivity index (χ4n) is 2.10. The normalized spacial score (nSPS) is 10.6. The summed E-state index contributed by atoms with van der Waals surface area (Å²) in [7, 11) is 0. The highest BCUT2D eigenvalue weighted by molar-refractivity contribution is 5.92. The standard InChI is InChI=1S/C17H12FNO3/c18-14-3-1-2-11(6-14)10-22-15-5-4-12-7-13(17(20)21)9-19-16(12)8-15/h1-9H,10H2,(H,20,21). The second kappa shape index (κ2) is 5.81. The molecule has 5 heteroatoms. The van der Waals surface area contributed by atoms with Crippen molar-refractivity contribution in [1.82, 2.24) is 4.98 Å². The molecule has 0 radical (unpaired) electrons. The SMILES string of the molecule is O=C(O)c1cnc2cc(OCc3cccc(F)c3)ccc2c1. The van der Waals surface area contributed by atoms with Crippen LogP contribution in [0.1, 0.15) is 15.9 Å². The van der Waals surface area contributed by atoms with Crippen molar-refractivity contribution in [3.05, 3.63) is 71.7 Å². The summed E-state index contributed by atoms with van der Waals surface area (Å²) in [5.74, 6) is -0.726. The minimum Gasteiger partial charge on any atom is -0.489 e. The van der Waals surface area contributed by atoms with E-state index in [9.17, 15) is 9.18 Å². The molecule has 2 aromatic carbocycles. The van der Waals surface area contributed by atoms with E-state index in [0.717, 1.165) is 10.9 Å². The van der Waals surface area contributed by atoms with Crippen LogP contribution in [-0.4, -0.2) is 16.1 Å². The minimum atomic E-state index is -1.01. The summed E-state index contributed by atoms with van der Waals surface area (Å²) in [6.45, 7) is 0.247. The molecule has 1 aromatic heterocycles. The molecule has 22 heavy (non-hydrogen) atoms. The molecule has 0 saturated carbocycles. The van der Waals surface area contributed by atoms with Gasteiger partial charge in [-0.1, -0.05) is 12.1 Å². The maximum atomic E-state index is 13.1. The number of fused-ring (bicyclic) bond motifs is 1. The Morgan fingerprint density at radius 3 is 2.82 bits per heavy atom. The van der Waals surface area contributed by atoms with E-state index in [2.05, 4.69) is 4.98 Å². The van der Waals surface area contributed by atoms with Crippen LogP contribution in [0.3, 0.4) is 0 Å². The van der Waals surface area contributed by atoms with Gasteiger partial charge in [-0.3, -0.25) is 4.98 Å². The Hall–Kier alpha value is -2.95. The van der Waals surface area contributed by atoms with E-state index in [4.69, 9.17) is 9.84 Å². The van der Waals surface area contributed by atoms with Crippen LogP contribution < -0.4 is 4.74 Å². The summed E-state index contributed by atoms with van der Waals surface area (Å²) in [5, 5.41) is 9.66. The second-order valence-electron chi connectivity index (χ2n) is 4.80. The Labute approximate surface area is 125 Å². The summed E-state index contributed by atoms with van der Waals surface area (Å²) in [6.07, 6.45) is 1.31. The number of benzene rings is 2. The van der Waals surface area contributed by atoms with E-state index >= 15 is 0 Å². The van der Waals surface area contributed by atoms with E-state index in [1.54, 1.807) is 36.4 Å². The molecule has 1 N–H and O–H groups in total. The fraction of sp³-hybridized carbons (Fsp3) is 0.0588. The third-order valence-electron chi connectivity index (χ3n) is 3.20. The summed E-state index contributed by atoms with van der Waals surface area (Å²) < 4.78 is 18.7. The maximum absolute atomic E-state index is 13.1. The Balaban J connectivity index is 1.80. The molecule has 0 unspecified atom stereocenters. The summed E-state index contributed by atoms with van der Waals surface area (Å²) in [6, 6.07) is 13.0. The lowest BCUT2D eigenvalue weighted by Gasteiger charge is -2.07. The third-order valence-corrected chi connectivity index (χ3v) is 3.20. The molecule has 0 saturated heterocycles. The van der Waals surface area contributed by atoms with Gasteiger partial charge in [-0.05, 0) is 35.9 Å². The summed E-state index contributed by atoms with van der Waals surface area (Å²) in [4.78, 5) is 15.0. The molecule has 0 aliphatic carbocycles. The quantitative estimate of drug-likeness (QED) is 0.798. The highest BCUT2D eigenvalue weighted by Gasteiger charge is 2.06. The Kier molecular flexibility index (Phi) is 3.70. The van der Waals surface area contributed by atoms with Crippen LogP contribution in [0, 0.1) is 5.82 Å². The van der Waals surface area contributed by atoms with E-state index in [-0.39, 0.29) is 18.0 Å². The Bertz CT molecular complexity index is 848. The molecule has 110 valence electrons. The van der Waals surface area contributed by atoms with Crippen molar-refractivity contribution in [3.8, 4) is 5.75 Å². The highest BCUT2D eigenvalue weighted by Crippen LogP contribution is 2.21. The van der Waals surface area contributed by atoms with Gasteiger partial charge in [-0.15, -0.1) is 0 Å². The van der Waals surface area contributed by atoms with Gasteiger partial charge >= 0.3 is 5.97 Å². The molecule has 0 fully saturated rings. The monoisotopic (exact) mass is 297 g/mol. The topological polar surface area (TPSA) is 59.4 Å². The molecule has 4 nitrogen and oxygen atoms in total. The number of aromatic nitrogens is 1. The van der Waals surface area contributed by atoms with Crippen molar-refractivity contribution in [2.24, 2.45) is 0 Å². The first-order chi connectivity index (χ1) is 10.6. The van der Waals surface area contributed by atoms with E-state index < -0.39 is 5.97 Å². The molecule has 0 aliphatic rings. The van der Waals surface area contributed by atoms with Crippen LogP contribution in [-0.2, 0) is 6.61 Å². The number of nitrogens with zero attached hydrogens (tertiary/aromatic N) is 1. The van der Waals surface area contributed by atoms with Crippen LogP contribution in [0.15, 0.2) is 54.7 Å². The molecular formula is C17H12FNO3. The van der Waals surface area contributed by atoms with Crippen LogP contribution >= 0.6 is 0 Å². The van der Waals surface area contributed by atoms with Gasteiger partial charge in [0.05, 0.1) is 11.1 Å². The minimum absolute atomic E-state index is 0.140. The van der Waals surface area contributed by atoms with Crippen molar-refractivity contribution in [1.29, 1.82) is 0 Å². The summed E-state index contributed by atoms with van der Waals surface area (Å²) >= 11 is 0. The lowest BCUT2D eigenvalue weighted by Crippen LogP contribution is -1.98. The second-order valence-corrected chi connectivity index (χ2v) is 4.80. The first kappa shape index (κ1) is 14.0. The van der Waals surface area contributed by atoms with Gasteiger partial charge in [0.15, 0.2) is 0 Å². The molecular weight excluding hydrogens is 285 g/mol. The number of pyridine rings is 1. The molecule has 0 spiro atoms.